The van der Waals surface area contributed by atoms with Gasteiger partial charge in [0.1, 0.15) is 23.5 Å². The molecule has 1 amide bonds. The van der Waals surface area contributed by atoms with Crippen molar-refractivity contribution in [3.05, 3.63) is 90.7 Å². The standard InChI is InChI=1S/C29H23FN6O2/c1-16-5-4-6-23(34-16)38-21-11-12-22-19(13-21)14-31-27-25-24(22)26(36(3)28(25)33-15-32-27)18-7-9-20(10-8-18)35-29(37)17(2)30/h4-13,15H,2,14H2,1,3H3,(H,35,37)(H,31,32,33). The lowest BCUT2D eigenvalue weighted by molar-refractivity contribution is -0.114. The van der Waals surface area contributed by atoms with E-state index >= 15 is 0 Å². The van der Waals surface area contributed by atoms with Gasteiger partial charge in [-0.1, -0.05) is 30.8 Å². The van der Waals surface area contributed by atoms with Crippen LogP contribution < -0.4 is 15.4 Å². The molecule has 0 unspecified atom stereocenters. The minimum atomic E-state index is -1.04. The van der Waals surface area contributed by atoms with E-state index in [1.54, 1.807) is 18.5 Å². The molecule has 3 aromatic heterocycles. The quantitative estimate of drug-likeness (QED) is 0.278. The maximum Gasteiger partial charge on any atom is 0.283 e. The van der Waals surface area contributed by atoms with Gasteiger partial charge in [0, 0.05) is 36.6 Å². The van der Waals surface area contributed by atoms with Gasteiger partial charge in [0.05, 0.1) is 11.1 Å². The van der Waals surface area contributed by atoms with E-state index in [0.29, 0.717) is 23.9 Å². The van der Waals surface area contributed by atoms with Crippen molar-refractivity contribution in [2.24, 2.45) is 7.05 Å². The third-order valence-electron chi connectivity index (χ3n) is 6.51. The van der Waals surface area contributed by atoms with Gasteiger partial charge in [-0.15, -0.1) is 0 Å². The van der Waals surface area contributed by atoms with E-state index in [4.69, 9.17) is 4.74 Å². The molecule has 5 aromatic rings. The number of fused-ring (bicyclic) bond motifs is 2. The van der Waals surface area contributed by atoms with Crippen LogP contribution in [0.1, 0.15) is 11.3 Å². The number of hydrogen-bond acceptors (Lipinski definition) is 6. The molecule has 1 aliphatic rings. The zero-order valence-electron chi connectivity index (χ0n) is 20.7. The van der Waals surface area contributed by atoms with E-state index in [2.05, 4.69) is 32.2 Å². The number of halogens is 1. The summed E-state index contributed by atoms with van der Waals surface area (Å²) in [6, 6.07) is 18.9. The maximum absolute atomic E-state index is 13.1. The number of benzene rings is 2. The number of nitrogens with one attached hydrogen (secondary N) is 2. The van der Waals surface area contributed by atoms with Crippen LogP contribution in [0, 0.1) is 6.92 Å². The summed E-state index contributed by atoms with van der Waals surface area (Å²) in [7, 11) is 1.96. The summed E-state index contributed by atoms with van der Waals surface area (Å²) in [5.74, 6) is 0.0556. The minimum absolute atomic E-state index is 0.469. The number of aryl methyl sites for hydroxylation is 2. The highest BCUT2D eigenvalue weighted by molar-refractivity contribution is 6.09. The minimum Gasteiger partial charge on any atom is -0.439 e. The number of anilines is 2. The van der Waals surface area contributed by atoms with E-state index in [1.165, 1.54) is 0 Å². The highest BCUT2D eigenvalue weighted by Crippen LogP contribution is 2.46. The monoisotopic (exact) mass is 506 g/mol. The smallest absolute Gasteiger partial charge is 0.283 e. The maximum atomic E-state index is 13.1. The van der Waals surface area contributed by atoms with Gasteiger partial charge in [0.2, 0.25) is 5.88 Å². The summed E-state index contributed by atoms with van der Waals surface area (Å²) in [5, 5.41) is 6.87. The number of amides is 1. The molecule has 6 rings (SSSR count). The Balaban J connectivity index is 1.46. The number of carbonyl (C=O) groups excluding carboxylic acids is 1. The first-order valence-corrected chi connectivity index (χ1v) is 12.0. The van der Waals surface area contributed by atoms with Crippen molar-refractivity contribution >= 4 is 28.4 Å². The molecule has 0 fully saturated rings. The fraction of sp³-hybridized carbons (Fsp3) is 0.103. The Hall–Kier alpha value is -5.05. The van der Waals surface area contributed by atoms with Gasteiger partial charge in [-0.3, -0.25) is 4.79 Å². The molecular formula is C29H23FN6O2. The van der Waals surface area contributed by atoms with Gasteiger partial charge in [-0.2, -0.15) is 0 Å². The van der Waals surface area contributed by atoms with E-state index in [9.17, 15) is 9.18 Å². The second kappa shape index (κ2) is 9.11. The van der Waals surface area contributed by atoms with Crippen LogP contribution in [0.3, 0.4) is 0 Å². The first-order chi connectivity index (χ1) is 18.4. The molecule has 1 aliphatic heterocycles. The molecule has 0 bridgehead atoms. The lowest BCUT2D eigenvalue weighted by Crippen LogP contribution is -2.10. The summed E-state index contributed by atoms with van der Waals surface area (Å²) in [6.45, 7) is 5.51. The summed E-state index contributed by atoms with van der Waals surface area (Å²) in [5.41, 5.74) is 7.03. The van der Waals surface area contributed by atoms with Crippen molar-refractivity contribution in [3.63, 3.8) is 0 Å². The van der Waals surface area contributed by atoms with Gasteiger partial charge in [0.15, 0.2) is 5.83 Å². The Bertz CT molecular complexity index is 1740. The number of pyridine rings is 1. The van der Waals surface area contributed by atoms with Crippen LogP contribution in [0.2, 0.25) is 0 Å². The average molecular weight is 507 g/mol. The SMILES string of the molecule is C=C(F)C(=O)Nc1ccc(-c2c3c4c(ncnc4n2C)NCc2cc(Oc4cccc(C)n4)ccc2-3)cc1. The second-order valence-electron chi connectivity index (χ2n) is 9.03. The van der Waals surface area contributed by atoms with Gasteiger partial charge in [-0.25, -0.2) is 19.3 Å². The summed E-state index contributed by atoms with van der Waals surface area (Å²) >= 11 is 0. The Morgan fingerprint density at radius 1 is 1.13 bits per heavy atom. The molecule has 188 valence electrons. The fourth-order valence-corrected chi connectivity index (χ4v) is 4.80. The van der Waals surface area contributed by atoms with Crippen molar-refractivity contribution in [1.82, 2.24) is 19.5 Å². The number of ether oxygens (including phenoxy) is 1. The Kier molecular flexibility index (Phi) is 5.60. The van der Waals surface area contributed by atoms with E-state index in [-0.39, 0.29) is 0 Å². The number of aromatic nitrogens is 4. The second-order valence-corrected chi connectivity index (χ2v) is 9.03. The van der Waals surface area contributed by atoms with Gasteiger partial charge >= 0.3 is 0 Å². The molecule has 0 atom stereocenters. The molecule has 8 nitrogen and oxygen atoms in total. The lowest BCUT2D eigenvalue weighted by Gasteiger charge is -2.14. The average Bonchev–Trinajstić information content (AvgIpc) is 3.10. The van der Waals surface area contributed by atoms with Crippen molar-refractivity contribution in [3.8, 4) is 34.0 Å². The lowest BCUT2D eigenvalue weighted by atomic mass is 9.95. The zero-order chi connectivity index (χ0) is 26.4. The van der Waals surface area contributed by atoms with Crippen molar-refractivity contribution in [2.45, 2.75) is 13.5 Å². The van der Waals surface area contributed by atoms with E-state index in [1.807, 2.05) is 67.1 Å². The van der Waals surface area contributed by atoms with Crippen LogP contribution in [0.5, 0.6) is 11.6 Å². The topological polar surface area (TPSA) is 94.0 Å². The van der Waals surface area contributed by atoms with E-state index < -0.39 is 11.7 Å². The number of rotatable bonds is 5. The first-order valence-electron chi connectivity index (χ1n) is 12.0. The van der Waals surface area contributed by atoms with Crippen LogP contribution in [0.4, 0.5) is 15.9 Å². The third kappa shape index (κ3) is 4.03. The molecule has 2 N–H and O–H groups in total. The third-order valence-corrected chi connectivity index (χ3v) is 6.51. The molecular weight excluding hydrogens is 483 g/mol. The van der Waals surface area contributed by atoms with Crippen molar-refractivity contribution in [1.29, 1.82) is 0 Å². The molecule has 9 heteroatoms. The zero-order valence-corrected chi connectivity index (χ0v) is 20.7. The number of carbonyl (C=O) groups is 1. The van der Waals surface area contributed by atoms with Crippen LogP contribution in [-0.4, -0.2) is 25.4 Å². The normalized spacial score (nSPS) is 11.9. The largest absolute Gasteiger partial charge is 0.439 e. The van der Waals surface area contributed by atoms with Crippen LogP contribution in [-0.2, 0) is 18.4 Å². The predicted octanol–water partition coefficient (Wildman–Crippen LogP) is 6.15. The summed E-state index contributed by atoms with van der Waals surface area (Å²) in [4.78, 5) is 25.2. The molecule has 2 aromatic carbocycles. The van der Waals surface area contributed by atoms with Crippen LogP contribution in [0.25, 0.3) is 33.4 Å². The van der Waals surface area contributed by atoms with Crippen LogP contribution >= 0.6 is 0 Å². The molecule has 0 aliphatic carbocycles. The predicted molar refractivity (Wildman–Crippen MR) is 145 cm³/mol. The first kappa shape index (κ1) is 23.4. The molecule has 0 spiro atoms. The molecule has 4 heterocycles. The van der Waals surface area contributed by atoms with Gasteiger partial charge in [0.25, 0.3) is 5.91 Å². The Morgan fingerprint density at radius 3 is 2.71 bits per heavy atom. The van der Waals surface area contributed by atoms with Crippen molar-refractivity contribution < 1.29 is 13.9 Å². The Labute approximate surface area is 217 Å². The number of nitrogens with zero attached hydrogens (tertiary/aromatic N) is 4. The summed E-state index contributed by atoms with van der Waals surface area (Å²) in [6.07, 6.45) is 1.55. The molecule has 0 saturated heterocycles. The fourth-order valence-electron chi connectivity index (χ4n) is 4.80. The molecule has 38 heavy (non-hydrogen) atoms. The van der Waals surface area contributed by atoms with E-state index in [0.717, 1.165) is 50.5 Å². The molecule has 0 radical (unpaired) electrons. The Morgan fingerprint density at radius 2 is 1.95 bits per heavy atom. The van der Waals surface area contributed by atoms with Crippen LogP contribution in [0.15, 0.2) is 79.4 Å². The molecule has 0 saturated carbocycles. The highest BCUT2D eigenvalue weighted by Gasteiger charge is 2.26. The van der Waals surface area contributed by atoms with Crippen molar-refractivity contribution in [2.75, 3.05) is 10.6 Å². The number of hydrogen-bond donors (Lipinski definition) is 2. The van der Waals surface area contributed by atoms with Gasteiger partial charge in [-0.05, 0) is 53.9 Å². The van der Waals surface area contributed by atoms with Gasteiger partial charge < -0.3 is 19.9 Å². The summed E-state index contributed by atoms with van der Waals surface area (Å²) < 4.78 is 21.2. The highest BCUT2D eigenvalue weighted by atomic mass is 19.1.